The van der Waals surface area contributed by atoms with Gasteiger partial charge in [0.05, 0.1) is 19.6 Å². The van der Waals surface area contributed by atoms with Crippen molar-refractivity contribution in [2.45, 2.75) is 20.3 Å². The lowest BCUT2D eigenvalue weighted by molar-refractivity contribution is -0.144. The van der Waals surface area contributed by atoms with E-state index in [1.54, 1.807) is 38.1 Å². The smallest absolute Gasteiger partial charge is 0.308 e. The van der Waals surface area contributed by atoms with Gasteiger partial charge in [-0.05, 0) is 25.5 Å². The minimum Gasteiger partial charge on any atom is -0.469 e. The molecule has 0 aliphatic rings. The van der Waals surface area contributed by atoms with Crippen LogP contribution in [0.25, 0.3) is 0 Å². The Morgan fingerprint density at radius 2 is 2.00 bits per heavy atom. The molecule has 2 atom stereocenters. The number of hydrogen-bond donors (Lipinski definition) is 1. The Bertz CT molecular complexity index is 568. The Balaban J connectivity index is 2.85. The molecule has 0 bridgehead atoms. The average molecular weight is 340 g/mol. The van der Waals surface area contributed by atoms with Crippen molar-refractivity contribution < 1.29 is 23.7 Å². The van der Waals surface area contributed by atoms with Crippen molar-refractivity contribution >= 4 is 13.3 Å². The predicted octanol–water partition coefficient (Wildman–Crippen LogP) is 3.48. The van der Waals surface area contributed by atoms with Crippen molar-refractivity contribution in [1.29, 1.82) is 0 Å². The summed E-state index contributed by atoms with van der Waals surface area (Å²) in [5.41, 5.74) is 0.817. The first-order chi connectivity index (χ1) is 10.9. The number of rotatable bonds is 9. The molecule has 1 aromatic rings. The number of carbonyl (C=O) groups is 1. The van der Waals surface area contributed by atoms with E-state index in [-0.39, 0.29) is 12.8 Å². The largest absolute Gasteiger partial charge is 0.469 e. The van der Waals surface area contributed by atoms with Crippen LogP contribution in [0.5, 0.6) is 5.75 Å². The van der Waals surface area contributed by atoms with Crippen LogP contribution in [0.4, 0.5) is 0 Å². The van der Waals surface area contributed by atoms with E-state index in [1.807, 2.05) is 12.1 Å². The Morgan fingerprint density at radius 3 is 2.57 bits per heavy atom. The van der Waals surface area contributed by atoms with E-state index in [0.717, 1.165) is 5.57 Å². The standard InChI is InChI=1S/C17H25O5P/c1-14(12-18)8-7-11-23(20,13-15(2)17(19)21-3)22-16-9-5-4-6-10-16/h4-6,8-10,15,18H,7,11-13H2,1-3H3/b14-8+. The van der Waals surface area contributed by atoms with Crippen LogP contribution in [0.3, 0.4) is 0 Å². The maximum atomic E-state index is 13.2. The number of methoxy groups -OCH3 is 1. The van der Waals surface area contributed by atoms with Crippen LogP contribution in [0.2, 0.25) is 0 Å². The van der Waals surface area contributed by atoms with Gasteiger partial charge in [-0.15, -0.1) is 0 Å². The van der Waals surface area contributed by atoms with Crippen molar-refractivity contribution in [2.24, 2.45) is 5.92 Å². The van der Waals surface area contributed by atoms with Crippen LogP contribution in [-0.4, -0.2) is 37.1 Å². The molecule has 0 aliphatic carbocycles. The summed E-state index contributed by atoms with van der Waals surface area (Å²) in [6.45, 7) is 3.46. The maximum absolute atomic E-state index is 13.2. The highest BCUT2D eigenvalue weighted by molar-refractivity contribution is 7.59. The summed E-state index contributed by atoms with van der Waals surface area (Å²) >= 11 is 0. The number of hydrogen-bond acceptors (Lipinski definition) is 5. The summed E-state index contributed by atoms with van der Waals surface area (Å²) in [6, 6.07) is 8.94. The molecule has 0 radical (unpaired) electrons. The van der Waals surface area contributed by atoms with Crippen molar-refractivity contribution in [2.75, 3.05) is 26.0 Å². The summed E-state index contributed by atoms with van der Waals surface area (Å²) in [5.74, 6) is -0.378. The Hall–Kier alpha value is -1.58. The summed E-state index contributed by atoms with van der Waals surface area (Å²) in [7, 11) is -1.74. The third kappa shape index (κ3) is 7.02. The van der Waals surface area contributed by atoms with Crippen molar-refractivity contribution in [3.8, 4) is 5.75 Å². The highest BCUT2D eigenvalue weighted by atomic mass is 31.2. The second kappa shape index (κ2) is 9.53. The van der Waals surface area contributed by atoms with Gasteiger partial charge in [-0.3, -0.25) is 9.36 Å². The van der Waals surface area contributed by atoms with E-state index in [2.05, 4.69) is 0 Å². The summed E-state index contributed by atoms with van der Waals surface area (Å²) < 4.78 is 23.6. The molecular weight excluding hydrogens is 315 g/mol. The SMILES string of the molecule is COC(=O)C(C)CP(=O)(CC/C=C(\C)CO)Oc1ccccc1. The van der Waals surface area contributed by atoms with Crippen molar-refractivity contribution in [3.05, 3.63) is 42.0 Å². The highest BCUT2D eigenvalue weighted by Crippen LogP contribution is 2.49. The van der Waals surface area contributed by atoms with Gasteiger partial charge in [0, 0.05) is 12.3 Å². The second-order valence-corrected chi connectivity index (χ2v) is 8.17. The molecule has 0 heterocycles. The molecule has 0 aromatic heterocycles. The van der Waals surface area contributed by atoms with Crippen LogP contribution >= 0.6 is 7.37 Å². The molecule has 23 heavy (non-hydrogen) atoms. The number of ether oxygens (including phenoxy) is 1. The van der Waals surface area contributed by atoms with E-state index >= 15 is 0 Å². The zero-order valence-electron chi connectivity index (χ0n) is 13.9. The number of aliphatic hydroxyl groups excluding tert-OH is 1. The zero-order valence-corrected chi connectivity index (χ0v) is 14.8. The van der Waals surface area contributed by atoms with Gasteiger partial charge >= 0.3 is 5.97 Å². The first kappa shape index (κ1) is 19.5. The maximum Gasteiger partial charge on any atom is 0.308 e. The molecule has 0 spiro atoms. The molecule has 0 saturated carbocycles. The lowest BCUT2D eigenvalue weighted by Gasteiger charge is -2.21. The molecule has 0 fully saturated rings. The molecule has 0 aliphatic heterocycles. The first-order valence-corrected chi connectivity index (χ1v) is 9.57. The lowest BCUT2D eigenvalue weighted by Crippen LogP contribution is -2.19. The van der Waals surface area contributed by atoms with Crippen molar-refractivity contribution in [3.63, 3.8) is 0 Å². The molecule has 1 rings (SSSR count). The van der Waals surface area contributed by atoms with Gasteiger partial charge in [-0.2, -0.15) is 0 Å². The van der Waals surface area contributed by atoms with Crippen molar-refractivity contribution in [1.82, 2.24) is 0 Å². The monoisotopic (exact) mass is 340 g/mol. The molecule has 128 valence electrons. The number of para-hydroxylation sites is 1. The Labute approximate surface area is 137 Å². The molecule has 1 N–H and O–H groups in total. The van der Waals surface area contributed by atoms with Gasteiger partial charge in [-0.25, -0.2) is 0 Å². The number of aliphatic hydroxyl groups is 1. The first-order valence-electron chi connectivity index (χ1n) is 7.57. The zero-order chi connectivity index (χ0) is 17.3. The van der Waals surface area contributed by atoms with Gasteiger partial charge in [0.1, 0.15) is 5.75 Å². The molecular formula is C17H25O5P. The fourth-order valence-electron chi connectivity index (χ4n) is 2.11. The molecule has 0 saturated heterocycles. The van der Waals surface area contributed by atoms with E-state index in [4.69, 9.17) is 14.4 Å². The normalized spacial score (nSPS) is 15.6. The average Bonchev–Trinajstić information content (AvgIpc) is 2.54. The molecule has 5 nitrogen and oxygen atoms in total. The van der Waals surface area contributed by atoms with E-state index in [1.165, 1.54) is 7.11 Å². The molecule has 1 aromatic carbocycles. The Morgan fingerprint density at radius 1 is 1.35 bits per heavy atom. The fraction of sp³-hybridized carbons (Fsp3) is 0.471. The third-order valence-electron chi connectivity index (χ3n) is 3.38. The predicted molar refractivity (Wildman–Crippen MR) is 91.1 cm³/mol. The summed E-state index contributed by atoms with van der Waals surface area (Å²) in [5, 5.41) is 9.02. The Kier molecular flexibility index (Phi) is 8.07. The number of carbonyl (C=O) groups excluding carboxylic acids is 1. The van der Waals surface area contributed by atoms with E-state index < -0.39 is 19.3 Å². The van der Waals surface area contributed by atoms with Gasteiger partial charge in [-0.1, -0.05) is 36.8 Å². The third-order valence-corrected chi connectivity index (χ3v) is 5.97. The fourth-order valence-corrected chi connectivity index (χ4v) is 4.47. The molecule has 6 heteroatoms. The quantitative estimate of drug-likeness (QED) is 0.423. The van der Waals surface area contributed by atoms with Crippen LogP contribution in [0.1, 0.15) is 20.3 Å². The minimum atomic E-state index is -3.06. The van der Waals surface area contributed by atoms with Crippen LogP contribution in [-0.2, 0) is 14.1 Å². The highest BCUT2D eigenvalue weighted by Gasteiger charge is 2.30. The van der Waals surface area contributed by atoms with Gasteiger partial charge in [0.2, 0.25) is 7.37 Å². The number of allylic oxidation sites excluding steroid dienone is 1. The molecule has 2 unspecified atom stereocenters. The van der Waals surface area contributed by atoms with Crippen LogP contribution < -0.4 is 4.52 Å². The molecule has 0 amide bonds. The van der Waals surface area contributed by atoms with Gasteiger partial charge < -0.3 is 14.4 Å². The second-order valence-electron chi connectivity index (χ2n) is 5.55. The minimum absolute atomic E-state index is 0.0254. The number of benzene rings is 1. The van der Waals surface area contributed by atoms with E-state index in [0.29, 0.717) is 18.3 Å². The summed E-state index contributed by atoms with van der Waals surface area (Å²) in [4.78, 5) is 11.6. The van der Waals surface area contributed by atoms with Crippen LogP contribution in [0, 0.1) is 5.92 Å². The topological polar surface area (TPSA) is 72.8 Å². The van der Waals surface area contributed by atoms with Gasteiger partial charge in [0.25, 0.3) is 0 Å². The van der Waals surface area contributed by atoms with E-state index in [9.17, 15) is 9.36 Å². The lowest BCUT2D eigenvalue weighted by atomic mass is 10.2. The number of esters is 1. The summed E-state index contributed by atoms with van der Waals surface area (Å²) in [6.07, 6.45) is 2.79. The van der Waals surface area contributed by atoms with Crippen LogP contribution in [0.15, 0.2) is 42.0 Å². The van der Waals surface area contributed by atoms with Gasteiger partial charge in [0.15, 0.2) is 0 Å².